The Hall–Kier alpha value is -2.70. The first kappa shape index (κ1) is 18.6. The summed E-state index contributed by atoms with van der Waals surface area (Å²) in [5, 5.41) is 5.91. The number of ether oxygens (including phenoxy) is 1. The molecule has 2 N–H and O–H groups in total. The molecule has 128 valence electrons. The third-order valence-electron chi connectivity index (χ3n) is 3.14. The van der Waals surface area contributed by atoms with Crippen LogP contribution in [-0.4, -0.2) is 24.1 Å². The van der Waals surface area contributed by atoms with Gasteiger partial charge in [-0.05, 0) is 42.1 Å². The highest BCUT2D eigenvalue weighted by molar-refractivity contribution is 7.80. The number of thiocarbonyl (C=S) groups is 1. The molecule has 5 nitrogen and oxygen atoms in total. The lowest BCUT2D eigenvalue weighted by Crippen LogP contribution is -2.33. The van der Waals surface area contributed by atoms with Gasteiger partial charge in [-0.1, -0.05) is 41.9 Å². The summed E-state index contributed by atoms with van der Waals surface area (Å²) >= 11 is 11.1. The van der Waals surface area contributed by atoms with E-state index < -0.39 is 11.9 Å². The molecule has 0 aliphatic rings. The standard InChI is InChI=1S/C18H15ClN2O3S/c1-24-17(23)13-7-3-5-9-15(13)20-18(25)21-16(22)11-10-12-6-2-4-8-14(12)19/h2-11H,1H3,(H2,20,21,22,25). The van der Waals surface area contributed by atoms with Crippen LogP contribution in [0.3, 0.4) is 0 Å². The number of hydrogen-bond acceptors (Lipinski definition) is 4. The van der Waals surface area contributed by atoms with E-state index in [1.54, 1.807) is 48.5 Å². The van der Waals surface area contributed by atoms with E-state index in [1.807, 2.05) is 6.07 Å². The molecule has 7 heteroatoms. The lowest BCUT2D eigenvalue weighted by atomic mass is 10.2. The molecule has 2 aromatic carbocycles. The number of halogens is 1. The Morgan fingerprint density at radius 3 is 2.52 bits per heavy atom. The zero-order valence-corrected chi connectivity index (χ0v) is 14.9. The maximum atomic E-state index is 11.9. The molecule has 0 spiro atoms. The molecule has 0 atom stereocenters. The van der Waals surface area contributed by atoms with Crippen molar-refractivity contribution < 1.29 is 14.3 Å². The molecule has 0 aromatic heterocycles. The van der Waals surface area contributed by atoms with Gasteiger partial charge in [0.25, 0.3) is 0 Å². The topological polar surface area (TPSA) is 67.4 Å². The number of nitrogens with one attached hydrogen (secondary N) is 2. The van der Waals surface area contributed by atoms with Gasteiger partial charge in [0.05, 0.1) is 18.4 Å². The van der Waals surface area contributed by atoms with Crippen LogP contribution < -0.4 is 10.6 Å². The molecule has 0 aliphatic carbocycles. The highest BCUT2D eigenvalue weighted by Crippen LogP contribution is 2.17. The van der Waals surface area contributed by atoms with Crippen molar-refractivity contribution in [3.05, 3.63) is 70.8 Å². The molecule has 0 aliphatic heterocycles. The van der Waals surface area contributed by atoms with Crippen LogP contribution in [0.1, 0.15) is 15.9 Å². The maximum Gasteiger partial charge on any atom is 0.339 e. The van der Waals surface area contributed by atoms with Crippen molar-refractivity contribution in [1.82, 2.24) is 5.32 Å². The van der Waals surface area contributed by atoms with Gasteiger partial charge in [-0.25, -0.2) is 4.79 Å². The van der Waals surface area contributed by atoms with E-state index in [0.29, 0.717) is 21.8 Å². The SMILES string of the molecule is COC(=O)c1ccccc1NC(=S)NC(=O)C=Cc1ccccc1Cl. The fraction of sp³-hybridized carbons (Fsp3) is 0.0556. The molecular weight excluding hydrogens is 360 g/mol. The maximum absolute atomic E-state index is 11.9. The minimum atomic E-state index is -0.504. The largest absolute Gasteiger partial charge is 0.465 e. The molecule has 0 fully saturated rings. The molecule has 0 saturated heterocycles. The van der Waals surface area contributed by atoms with Gasteiger partial charge in [0, 0.05) is 11.1 Å². The van der Waals surface area contributed by atoms with E-state index in [-0.39, 0.29) is 5.11 Å². The molecule has 0 radical (unpaired) electrons. The van der Waals surface area contributed by atoms with Crippen LogP contribution in [0.4, 0.5) is 5.69 Å². The zero-order valence-electron chi connectivity index (χ0n) is 13.3. The third kappa shape index (κ3) is 5.41. The highest BCUT2D eigenvalue weighted by atomic mass is 35.5. The van der Waals surface area contributed by atoms with Crippen LogP contribution >= 0.6 is 23.8 Å². The lowest BCUT2D eigenvalue weighted by Gasteiger charge is -2.11. The molecule has 2 rings (SSSR count). The van der Waals surface area contributed by atoms with Gasteiger partial charge in [-0.3, -0.25) is 10.1 Å². The Kier molecular flexibility index (Phi) is 6.68. The summed E-state index contributed by atoms with van der Waals surface area (Å²) in [4.78, 5) is 23.7. The van der Waals surface area contributed by atoms with Crippen molar-refractivity contribution in [2.45, 2.75) is 0 Å². The second-order valence-corrected chi connectivity index (χ2v) is 5.65. The molecule has 0 heterocycles. The Labute approximate surface area is 155 Å². The van der Waals surface area contributed by atoms with Gasteiger partial charge in [-0.2, -0.15) is 0 Å². The summed E-state index contributed by atoms with van der Waals surface area (Å²) in [6, 6.07) is 13.8. The Morgan fingerprint density at radius 2 is 1.80 bits per heavy atom. The van der Waals surface area contributed by atoms with Crippen molar-refractivity contribution in [1.29, 1.82) is 0 Å². The number of esters is 1. The number of anilines is 1. The predicted octanol–water partition coefficient (Wildman–Crippen LogP) is 3.65. The molecule has 0 saturated carbocycles. The number of hydrogen-bond donors (Lipinski definition) is 2. The first-order chi connectivity index (χ1) is 12.0. The first-order valence-electron chi connectivity index (χ1n) is 7.23. The Balaban J connectivity index is 2.00. The summed E-state index contributed by atoms with van der Waals surface area (Å²) in [5.41, 5.74) is 1.47. The molecule has 1 amide bonds. The molecule has 2 aromatic rings. The van der Waals surface area contributed by atoms with Gasteiger partial charge in [-0.15, -0.1) is 0 Å². The van der Waals surface area contributed by atoms with Crippen molar-refractivity contribution in [3.63, 3.8) is 0 Å². The summed E-state index contributed by atoms with van der Waals surface area (Å²) in [6.45, 7) is 0. The van der Waals surface area contributed by atoms with E-state index in [9.17, 15) is 9.59 Å². The monoisotopic (exact) mass is 374 g/mol. The number of para-hydroxylation sites is 1. The average Bonchev–Trinajstić information content (AvgIpc) is 2.60. The van der Waals surface area contributed by atoms with Gasteiger partial charge in [0.15, 0.2) is 5.11 Å². The molecule has 0 unspecified atom stereocenters. The predicted molar refractivity (Wildman–Crippen MR) is 103 cm³/mol. The van der Waals surface area contributed by atoms with Gasteiger partial charge in [0.1, 0.15) is 0 Å². The third-order valence-corrected chi connectivity index (χ3v) is 3.69. The average molecular weight is 375 g/mol. The van der Waals surface area contributed by atoms with E-state index in [4.69, 9.17) is 28.6 Å². The number of benzene rings is 2. The van der Waals surface area contributed by atoms with Gasteiger partial charge >= 0.3 is 5.97 Å². The minimum Gasteiger partial charge on any atom is -0.465 e. The fourth-order valence-corrected chi connectivity index (χ4v) is 2.37. The molecule has 0 bridgehead atoms. The van der Waals surface area contributed by atoms with Gasteiger partial charge in [0.2, 0.25) is 5.91 Å². The van der Waals surface area contributed by atoms with E-state index >= 15 is 0 Å². The van der Waals surface area contributed by atoms with Crippen molar-refractivity contribution >= 4 is 52.6 Å². The van der Waals surface area contributed by atoms with E-state index in [1.165, 1.54) is 13.2 Å². The second-order valence-electron chi connectivity index (χ2n) is 4.84. The normalized spacial score (nSPS) is 10.3. The summed E-state index contributed by atoms with van der Waals surface area (Å²) in [5.74, 6) is -0.927. The number of amides is 1. The first-order valence-corrected chi connectivity index (χ1v) is 8.02. The van der Waals surface area contributed by atoms with E-state index in [2.05, 4.69) is 10.6 Å². The van der Waals surface area contributed by atoms with Crippen LogP contribution in [0.15, 0.2) is 54.6 Å². The number of carbonyl (C=O) groups is 2. The molecule has 25 heavy (non-hydrogen) atoms. The lowest BCUT2D eigenvalue weighted by molar-refractivity contribution is -0.115. The smallest absolute Gasteiger partial charge is 0.339 e. The van der Waals surface area contributed by atoms with Crippen molar-refractivity contribution in [3.8, 4) is 0 Å². The van der Waals surface area contributed by atoms with E-state index in [0.717, 1.165) is 0 Å². The zero-order chi connectivity index (χ0) is 18.2. The quantitative estimate of drug-likeness (QED) is 0.485. The number of rotatable bonds is 4. The summed E-state index contributed by atoms with van der Waals surface area (Å²) in [6.07, 6.45) is 2.91. The van der Waals surface area contributed by atoms with Gasteiger partial charge < -0.3 is 10.1 Å². The van der Waals surface area contributed by atoms with Crippen molar-refractivity contribution in [2.24, 2.45) is 0 Å². The summed E-state index contributed by atoms with van der Waals surface area (Å²) < 4.78 is 4.71. The highest BCUT2D eigenvalue weighted by Gasteiger charge is 2.12. The Morgan fingerprint density at radius 1 is 1.12 bits per heavy atom. The number of methoxy groups -OCH3 is 1. The second kappa shape index (κ2) is 8.96. The fourth-order valence-electron chi connectivity index (χ4n) is 1.96. The van der Waals surface area contributed by atoms with Crippen molar-refractivity contribution in [2.75, 3.05) is 12.4 Å². The number of carbonyl (C=O) groups excluding carboxylic acids is 2. The van der Waals surface area contributed by atoms with Crippen LogP contribution in [-0.2, 0) is 9.53 Å². The van der Waals surface area contributed by atoms with Crippen LogP contribution in [0.5, 0.6) is 0 Å². The van der Waals surface area contributed by atoms with Crippen LogP contribution in [0.2, 0.25) is 5.02 Å². The van der Waals surface area contributed by atoms with Crippen LogP contribution in [0, 0.1) is 0 Å². The molecular formula is C18H15ClN2O3S. The summed E-state index contributed by atoms with van der Waals surface area (Å²) in [7, 11) is 1.29. The Bertz CT molecular complexity index is 837. The minimum absolute atomic E-state index is 0.0603. The van der Waals surface area contributed by atoms with Crippen LogP contribution in [0.25, 0.3) is 6.08 Å².